The molecule has 6 N–H and O–H groups in total. The van der Waals surface area contributed by atoms with Crippen molar-refractivity contribution < 1.29 is 65.9 Å². The van der Waals surface area contributed by atoms with Crippen molar-refractivity contribution in [3.63, 3.8) is 0 Å². The van der Waals surface area contributed by atoms with Gasteiger partial charge < -0.3 is 43.2 Å². The molecule has 3 fully saturated rings. The summed E-state index contributed by atoms with van der Waals surface area (Å²) in [4.78, 5) is 38.8. The number of nitrogens with zero attached hydrogens (tertiary/aromatic N) is 7. The quantitative estimate of drug-likeness (QED) is 0.0623. The van der Waals surface area contributed by atoms with E-state index in [9.17, 15) is 51.7 Å². The fraction of sp³-hybridized carbons (Fsp3) is 0.188. The number of benzene rings is 8. The number of aromatic carboxylic acids is 3. The summed E-state index contributed by atoms with van der Waals surface area (Å²) in [7, 11) is 0. The van der Waals surface area contributed by atoms with E-state index in [1.807, 2.05) is 30.3 Å². The monoisotopic (exact) mass is 1400 g/mol. The SMILES string of the molecule is O=C(O)c1cc(F)cc(-c2c(C3CCOCC3)n(-c3ccc(F)cc3)c3cc4cn[nH]c4cc23)c1.O=C(O)c1cccc(-c2c(C3CCOCC3)n(-c3ccc(F)cc3)c3cc4cn[nH]c4cc23)c1.O=C(O)c1ncc(-c2c(C3CCOCC3)n(-c3ccc(F)cc3)c3cc4cn[nH]c4cc23)cc1F. The van der Waals surface area contributed by atoms with E-state index in [0.29, 0.717) is 50.8 Å². The van der Waals surface area contributed by atoms with Gasteiger partial charge in [-0.05, 0) is 195 Å². The fourth-order valence-electron chi connectivity index (χ4n) is 15.2. The minimum absolute atomic E-state index is 0.0733. The van der Waals surface area contributed by atoms with Gasteiger partial charge in [-0.1, -0.05) is 12.1 Å². The van der Waals surface area contributed by atoms with E-state index in [1.54, 1.807) is 73.2 Å². The standard InChI is InChI=1S/C27H21F2N3O3.C27H22FN3O3.C26H20F2N4O3/c28-19-1-3-21(4-2-19)32-24-12-18-14-30-31-23(18)13-22(24)25(26(32)15-5-7-35-8-6-15)16-9-17(27(33)34)11-20(29)10-16;28-20-4-6-21(7-5-20)31-24-13-19-15-29-30-23(19)14-22(24)25(26(31)16-8-10-34-11-9-16)17-2-1-3-18(12-17)27(32)33;27-17-1-3-18(4-2-17)32-22-10-15-13-30-31-21(15)11-19(22)23(25(32)14-5-7-35-8-6-14)16-9-20(28)24(26(33)34)29-12-16/h1-4,9-15H,5-8H2,(H,30,31)(H,33,34);1-7,12-16H,8-11H2,(H,29,30)(H,32,33);1-4,9-14H,5-8H2,(H,30,31)(H,33,34). The van der Waals surface area contributed by atoms with E-state index in [0.717, 1.165) is 166 Å². The van der Waals surface area contributed by atoms with Crippen LogP contribution in [0.25, 0.3) is 116 Å². The third-order valence-electron chi connectivity index (χ3n) is 19.9. The zero-order valence-corrected chi connectivity index (χ0v) is 55.3. The van der Waals surface area contributed by atoms with Crippen molar-refractivity contribution in [1.82, 2.24) is 49.3 Å². The highest BCUT2D eigenvalue weighted by atomic mass is 19.1. The van der Waals surface area contributed by atoms with Gasteiger partial charge >= 0.3 is 17.9 Å². The number of rotatable bonds is 12. The Morgan fingerprint density at radius 3 is 1.13 bits per heavy atom. The number of carbonyl (C=O) groups is 3. The molecule has 0 amide bonds. The number of carboxylic acid groups (broad SMARTS) is 3. The van der Waals surface area contributed by atoms with Gasteiger partial charge in [0.25, 0.3) is 0 Å². The Bertz CT molecular complexity index is 5820. The molecule has 10 heterocycles. The van der Waals surface area contributed by atoms with Gasteiger partial charge in [0, 0.05) is 152 Å². The van der Waals surface area contributed by atoms with Crippen LogP contribution < -0.4 is 0 Å². The molecule has 522 valence electrons. The predicted molar refractivity (Wildman–Crippen MR) is 382 cm³/mol. The topological polar surface area (TPSA) is 253 Å². The molecule has 19 nitrogen and oxygen atoms in total. The highest BCUT2D eigenvalue weighted by molar-refractivity contribution is 6.09. The predicted octanol–water partition coefficient (Wildman–Crippen LogP) is 17.4. The Labute approximate surface area is 587 Å². The third-order valence-corrected chi connectivity index (χ3v) is 19.9. The number of carboxylic acids is 3. The number of hydrogen-bond acceptors (Lipinski definition) is 10. The molecular formula is C80H63F5N10O9. The molecule has 0 unspecified atom stereocenters. The van der Waals surface area contributed by atoms with Crippen molar-refractivity contribution in [2.45, 2.75) is 56.3 Å². The highest BCUT2D eigenvalue weighted by Gasteiger charge is 2.33. The van der Waals surface area contributed by atoms with Crippen LogP contribution in [0.2, 0.25) is 0 Å². The van der Waals surface area contributed by atoms with Crippen LogP contribution in [0.1, 0.15) is 105 Å². The molecule has 104 heavy (non-hydrogen) atoms. The van der Waals surface area contributed by atoms with E-state index in [2.05, 4.69) is 61.4 Å². The number of fused-ring (bicyclic) bond motifs is 6. The first-order valence-corrected chi connectivity index (χ1v) is 33.9. The van der Waals surface area contributed by atoms with Crippen LogP contribution in [0, 0.1) is 29.1 Å². The maximum atomic E-state index is 14.8. The van der Waals surface area contributed by atoms with Gasteiger partial charge in [0.15, 0.2) is 11.5 Å². The minimum Gasteiger partial charge on any atom is -0.478 e. The Kier molecular flexibility index (Phi) is 17.7. The number of hydrogen-bond donors (Lipinski definition) is 6. The molecule has 7 aromatic heterocycles. The summed E-state index contributed by atoms with van der Waals surface area (Å²) in [5.74, 6) is -5.74. The van der Waals surface area contributed by atoms with Gasteiger partial charge in [0.2, 0.25) is 0 Å². The Hall–Kier alpha value is -12.1. The van der Waals surface area contributed by atoms with Crippen LogP contribution in [0.15, 0.2) is 183 Å². The van der Waals surface area contributed by atoms with Crippen molar-refractivity contribution in [3.8, 4) is 50.4 Å². The molecule has 3 aliphatic heterocycles. The molecular weight excluding hydrogens is 1340 g/mol. The van der Waals surface area contributed by atoms with Crippen LogP contribution in [0.5, 0.6) is 0 Å². The van der Waals surface area contributed by atoms with Crippen LogP contribution >= 0.6 is 0 Å². The van der Waals surface area contributed by atoms with Gasteiger partial charge in [0.1, 0.15) is 23.3 Å². The smallest absolute Gasteiger partial charge is 0.357 e. The lowest BCUT2D eigenvalue weighted by Gasteiger charge is -2.26. The van der Waals surface area contributed by atoms with Crippen molar-refractivity contribution >= 4 is 83.3 Å². The number of aromatic nitrogens is 10. The molecule has 8 aromatic carbocycles. The molecule has 15 aromatic rings. The van der Waals surface area contributed by atoms with Crippen molar-refractivity contribution in [3.05, 3.63) is 246 Å². The largest absolute Gasteiger partial charge is 0.478 e. The Balaban J connectivity index is 0.000000120. The molecule has 0 spiro atoms. The third kappa shape index (κ3) is 12.4. The lowest BCUT2D eigenvalue weighted by Crippen LogP contribution is -2.17. The summed E-state index contributed by atoms with van der Waals surface area (Å²) < 4.78 is 94.2. The second kappa shape index (κ2) is 27.7. The number of pyridine rings is 1. The summed E-state index contributed by atoms with van der Waals surface area (Å²) in [5, 5.41) is 55.4. The number of H-pyrrole nitrogens is 3. The fourth-order valence-corrected chi connectivity index (χ4v) is 15.2. The van der Waals surface area contributed by atoms with Crippen molar-refractivity contribution in [1.29, 1.82) is 0 Å². The lowest BCUT2D eigenvalue weighted by molar-refractivity contribution is 0.0677. The average molecular weight is 1400 g/mol. The number of nitrogens with one attached hydrogen (secondary N) is 3. The summed E-state index contributed by atoms with van der Waals surface area (Å²) in [6, 6.07) is 43.3. The van der Waals surface area contributed by atoms with Crippen LogP contribution in [-0.4, -0.2) is 122 Å². The van der Waals surface area contributed by atoms with Crippen LogP contribution in [0.4, 0.5) is 22.0 Å². The molecule has 24 heteroatoms. The Morgan fingerprint density at radius 1 is 0.385 bits per heavy atom. The number of ether oxygens (including phenoxy) is 3. The van der Waals surface area contributed by atoms with Crippen molar-refractivity contribution in [2.24, 2.45) is 0 Å². The molecule has 3 aliphatic rings. The first-order valence-electron chi connectivity index (χ1n) is 33.9. The van der Waals surface area contributed by atoms with Gasteiger partial charge in [0.05, 0.1) is 62.8 Å². The minimum atomic E-state index is -1.42. The van der Waals surface area contributed by atoms with E-state index in [-0.39, 0.29) is 46.3 Å². The first-order chi connectivity index (χ1) is 50.6. The molecule has 18 rings (SSSR count). The summed E-state index contributed by atoms with van der Waals surface area (Å²) >= 11 is 0. The van der Waals surface area contributed by atoms with E-state index in [1.165, 1.54) is 60.8 Å². The number of halogens is 5. The summed E-state index contributed by atoms with van der Waals surface area (Å²) in [6.45, 7) is 3.67. The molecule has 0 aliphatic carbocycles. The maximum absolute atomic E-state index is 14.8. The van der Waals surface area contributed by atoms with Gasteiger partial charge in [-0.25, -0.2) is 41.3 Å². The first kappa shape index (κ1) is 66.4. The molecule has 0 saturated carbocycles. The van der Waals surface area contributed by atoms with E-state index in [4.69, 9.17) is 14.2 Å². The normalized spacial score (nSPS) is 14.7. The molecule has 3 saturated heterocycles. The molecule has 0 atom stereocenters. The van der Waals surface area contributed by atoms with Crippen molar-refractivity contribution in [2.75, 3.05) is 39.6 Å². The summed E-state index contributed by atoms with van der Waals surface area (Å²) in [6.07, 6.45) is 11.4. The Morgan fingerprint density at radius 2 is 0.760 bits per heavy atom. The van der Waals surface area contributed by atoms with E-state index < -0.39 is 35.2 Å². The van der Waals surface area contributed by atoms with Gasteiger partial charge in [-0.15, -0.1) is 0 Å². The number of aromatic amines is 3. The van der Waals surface area contributed by atoms with Crippen LogP contribution in [0.3, 0.4) is 0 Å². The summed E-state index contributed by atoms with van der Waals surface area (Å²) in [5.41, 5.74) is 14.3. The van der Waals surface area contributed by atoms with Gasteiger partial charge in [-0.2, -0.15) is 15.3 Å². The average Bonchev–Trinajstić information content (AvgIpc) is 1.59. The van der Waals surface area contributed by atoms with Crippen LogP contribution in [-0.2, 0) is 14.2 Å². The molecule has 0 bridgehead atoms. The zero-order chi connectivity index (χ0) is 71.4. The maximum Gasteiger partial charge on any atom is 0.357 e. The van der Waals surface area contributed by atoms with E-state index >= 15 is 0 Å². The lowest BCUT2D eigenvalue weighted by atomic mass is 9.89. The molecule has 0 radical (unpaired) electrons. The van der Waals surface area contributed by atoms with Gasteiger partial charge in [-0.3, -0.25) is 15.3 Å². The second-order valence-electron chi connectivity index (χ2n) is 26.1. The second-order valence-corrected chi connectivity index (χ2v) is 26.1. The zero-order valence-electron chi connectivity index (χ0n) is 55.3. The highest BCUT2D eigenvalue weighted by Crippen LogP contribution is 2.49.